The van der Waals surface area contributed by atoms with E-state index in [-0.39, 0.29) is 10.6 Å². The zero-order valence-corrected chi connectivity index (χ0v) is 21.1. The number of hydrogen-bond donors (Lipinski definition) is 2. The van der Waals surface area contributed by atoms with Gasteiger partial charge in [-0.1, -0.05) is 56.9 Å². The third-order valence-corrected chi connectivity index (χ3v) is 6.96. The molecule has 32 heavy (non-hydrogen) atoms. The van der Waals surface area contributed by atoms with Gasteiger partial charge in [0.1, 0.15) is 6.10 Å². The van der Waals surface area contributed by atoms with Crippen LogP contribution in [-0.4, -0.2) is 60.1 Å². The van der Waals surface area contributed by atoms with Crippen molar-refractivity contribution < 1.29 is 33.5 Å². The van der Waals surface area contributed by atoms with E-state index in [1.165, 1.54) is 36.8 Å². The zero-order chi connectivity index (χ0) is 24.2. The Kier molecular flexibility index (Phi) is 12.7. The minimum atomic E-state index is -4.04. The molecule has 8 heteroatoms. The van der Waals surface area contributed by atoms with Gasteiger partial charge in [0.15, 0.2) is 0 Å². The number of carboxylic acid groups (broad SMARTS) is 1. The van der Waals surface area contributed by atoms with E-state index in [1.54, 1.807) is 21.1 Å². The number of nitrogens with zero attached hydrogens (tertiary/aromatic N) is 1. The molecule has 0 aliphatic rings. The van der Waals surface area contributed by atoms with Crippen LogP contribution in [0, 0.1) is 0 Å². The predicted octanol–water partition coefficient (Wildman–Crippen LogP) is 3.96. The fourth-order valence-electron chi connectivity index (χ4n) is 3.64. The predicted molar refractivity (Wildman–Crippen MR) is 125 cm³/mol. The van der Waals surface area contributed by atoms with Gasteiger partial charge in [-0.05, 0) is 43.2 Å². The van der Waals surface area contributed by atoms with Crippen LogP contribution in [0.2, 0.25) is 0 Å². The summed E-state index contributed by atoms with van der Waals surface area (Å²) < 4.78 is 17.5. The average Bonchev–Trinajstić information content (AvgIpc) is 2.69. The second-order valence-corrected chi connectivity index (χ2v) is 11.5. The Morgan fingerprint density at radius 2 is 1.62 bits per heavy atom. The first-order valence-electron chi connectivity index (χ1n) is 11.7. The Hall–Kier alpha value is -1.24. The number of aliphatic carboxylic acids is 1. The van der Waals surface area contributed by atoms with E-state index in [4.69, 9.17) is 9.63 Å². The van der Waals surface area contributed by atoms with Crippen molar-refractivity contribution in [3.05, 3.63) is 35.4 Å². The summed E-state index contributed by atoms with van der Waals surface area (Å²) in [5.41, 5.74) is 2.64. The molecule has 0 spiro atoms. The van der Waals surface area contributed by atoms with Crippen molar-refractivity contribution in [3.63, 3.8) is 0 Å². The average molecular weight is 472 g/mol. The third-order valence-electron chi connectivity index (χ3n) is 5.47. The number of likely N-dealkylation sites (N-methyl/N-ethyl adjacent to an activating group) is 1. The number of rotatable bonds is 17. The minimum Gasteiger partial charge on any atom is -0.804 e. The quantitative estimate of drug-likeness (QED) is 0.154. The van der Waals surface area contributed by atoms with Gasteiger partial charge in [-0.25, -0.2) is 0 Å². The lowest BCUT2D eigenvalue weighted by Gasteiger charge is -2.43. The second-order valence-electron chi connectivity index (χ2n) is 9.55. The van der Waals surface area contributed by atoms with Gasteiger partial charge in [0.05, 0.1) is 27.6 Å². The number of unbranched alkanes of at least 4 members (excludes halogenated alkanes) is 5. The molecule has 0 aliphatic carbocycles. The Bertz CT molecular complexity index is 733. The largest absolute Gasteiger partial charge is 0.804 e. The summed E-state index contributed by atoms with van der Waals surface area (Å²) in [5.74, 6) is -1.23. The zero-order valence-electron chi connectivity index (χ0n) is 20.2. The smallest absolute Gasteiger partial charge is 0.328 e. The van der Waals surface area contributed by atoms with Gasteiger partial charge in [0, 0.05) is 12.4 Å². The standard InChI is InChI=1S/C24H42NO6P/c1-5-6-7-9-13-20-15-12-16-21(18-20)14-10-8-11-17-32(29,30)31-22(19-23(26)27)24(28)25(2,3)4/h12,15-16,18,22,24H,5-11,13-14,17,19H2,1-4H3,(H,26,27)(H,29,30). The van der Waals surface area contributed by atoms with Crippen molar-refractivity contribution >= 4 is 13.6 Å². The number of aryl methyl sites for hydroxylation is 2. The molecule has 0 amide bonds. The first-order valence-corrected chi connectivity index (χ1v) is 13.5. The van der Waals surface area contributed by atoms with Gasteiger partial charge >= 0.3 is 13.6 Å². The van der Waals surface area contributed by atoms with E-state index >= 15 is 0 Å². The van der Waals surface area contributed by atoms with E-state index in [9.17, 15) is 19.4 Å². The van der Waals surface area contributed by atoms with Crippen molar-refractivity contribution in [2.24, 2.45) is 0 Å². The fourth-order valence-corrected chi connectivity index (χ4v) is 4.97. The first-order chi connectivity index (χ1) is 14.9. The normalized spacial score (nSPS) is 15.8. The molecule has 0 saturated heterocycles. The van der Waals surface area contributed by atoms with E-state index in [0.29, 0.717) is 6.42 Å². The molecule has 0 aliphatic heterocycles. The molecule has 0 fully saturated rings. The highest BCUT2D eigenvalue weighted by molar-refractivity contribution is 7.52. The van der Waals surface area contributed by atoms with Crippen molar-refractivity contribution in [1.82, 2.24) is 0 Å². The van der Waals surface area contributed by atoms with Crippen molar-refractivity contribution in [2.45, 2.75) is 83.5 Å². The van der Waals surface area contributed by atoms with Crippen LogP contribution in [-0.2, 0) is 26.7 Å². The second kappa shape index (κ2) is 14.1. The Morgan fingerprint density at radius 1 is 1.06 bits per heavy atom. The van der Waals surface area contributed by atoms with E-state index < -0.39 is 32.3 Å². The maximum Gasteiger partial charge on any atom is 0.328 e. The van der Waals surface area contributed by atoms with E-state index in [1.807, 2.05) is 0 Å². The molecule has 2 N–H and O–H groups in total. The maximum atomic E-state index is 12.5. The lowest BCUT2D eigenvalue weighted by Crippen LogP contribution is -2.60. The Morgan fingerprint density at radius 3 is 2.12 bits per heavy atom. The van der Waals surface area contributed by atoms with Crippen LogP contribution < -0.4 is 5.11 Å². The van der Waals surface area contributed by atoms with Crippen molar-refractivity contribution in [1.29, 1.82) is 0 Å². The SMILES string of the molecule is CCCCCCc1cccc(CCCCCP(=O)(O)OC(CC(=O)O)C([O-])[N+](C)(C)C)c1. The molecule has 0 radical (unpaired) electrons. The molecule has 184 valence electrons. The molecule has 7 nitrogen and oxygen atoms in total. The number of carboxylic acids is 1. The lowest BCUT2D eigenvalue weighted by molar-refractivity contribution is -0.973. The summed E-state index contributed by atoms with van der Waals surface area (Å²) in [6.07, 6.45) is 5.63. The van der Waals surface area contributed by atoms with Gasteiger partial charge in [-0.3, -0.25) is 9.36 Å². The molecule has 0 aromatic heterocycles. The number of benzene rings is 1. The van der Waals surface area contributed by atoms with Crippen LogP contribution >= 0.6 is 7.60 Å². The highest BCUT2D eigenvalue weighted by Gasteiger charge is 2.33. The van der Waals surface area contributed by atoms with Gasteiger partial charge in [-0.2, -0.15) is 0 Å². The lowest BCUT2D eigenvalue weighted by atomic mass is 10.0. The molecule has 1 aromatic carbocycles. The number of carbonyl (C=O) groups is 1. The molecule has 1 aromatic rings. The molecule has 1 rings (SSSR count). The Labute approximate surface area is 193 Å². The van der Waals surface area contributed by atoms with Crippen LogP contribution in [0.1, 0.15) is 69.4 Å². The van der Waals surface area contributed by atoms with Crippen molar-refractivity contribution in [2.75, 3.05) is 27.3 Å². The summed E-state index contributed by atoms with van der Waals surface area (Å²) in [7, 11) is 0.788. The number of hydrogen-bond acceptors (Lipinski definition) is 4. The molecular weight excluding hydrogens is 429 g/mol. The summed E-state index contributed by atoms with van der Waals surface area (Å²) in [6.45, 7) is 2.21. The Balaban J connectivity index is 2.45. The highest BCUT2D eigenvalue weighted by atomic mass is 31.2. The van der Waals surface area contributed by atoms with Crippen molar-refractivity contribution in [3.8, 4) is 0 Å². The first kappa shape index (κ1) is 28.8. The van der Waals surface area contributed by atoms with Crippen LogP contribution in [0.25, 0.3) is 0 Å². The van der Waals surface area contributed by atoms with Gasteiger partial charge in [0.2, 0.25) is 0 Å². The molecule has 0 saturated carbocycles. The summed E-state index contributed by atoms with van der Waals surface area (Å²) in [6, 6.07) is 8.63. The van der Waals surface area contributed by atoms with E-state index in [2.05, 4.69) is 31.2 Å². The molecule has 0 bridgehead atoms. The topological polar surface area (TPSA) is 107 Å². The van der Waals surface area contributed by atoms with Gasteiger partial charge in [-0.15, -0.1) is 0 Å². The van der Waals surface area contributed by atoms with Crippen LogP contribution in [0.5, 0.6) is 0 Å². The minimum absolute atomic E-state index is 0.0789. The van der Waals surface area contributed by atoms with E-state index in [0.717, 1.165) is 25.7 Å². The maximum absolute atomic E-state index is 12.5. The summed E-state index contributed by atoms with van der Waals surface area (Å²) in [4.78, 5) is 21.3. The number of quaternary nitrogens is 1. The molecule has 0 heterocycles. The summed E-state index contributed by atoms with van der Waals surface area (Å²) >= 11 is 0. The fraction of sp³-hybridized carbons (Fsp3) is 0.708. The van der Waals surface area contributed by atoms with Gasteiger partial charge in [0.25, 0.3) is 0 Å². The van der Waals surface area contributed by atoms with Crippen LogP contribution in [0.3, 0.4) is 0 Å². The molecular formula is C24H42NO6P. The summed E-state index contributed by atoms with van der Waals surface area (Å²) in [5, 5.41) is 21.5. The van der Waals surface area contributed by atoms with Crippen LogP contribution in [0.15, 0.2) is 24.3 Å². The van der Waals surface area contributed by atoms with Gasteiger partial charge < -0.3 is 24.1 Å². The third kappa shape index (κ3) is 12.1. The molecule has 3 unspecified atom stereocenters. The highest BCUT2D eigenvalue weighted by Crippen LogP contribution is 2.45. The monoisotopic (exact) mass is 471 g/mol. The molecule has 3 atom stereocenters. The van der Waals surface area contributed by atoms with Crippen LogP contribution in [0.4, 0.5) is 0 Å².